The van der Waals surface area contributed by atoms with Crippen LogP contribution in [0, 0.1) is 5.41 Å². The molecule has 0 radical (unpaired) electrons. The maximum atomic E-state index is 12.3. The summed E-state index contributed by atoms with van der Waals surface area (Å²) in [6, 6.07) is 3.55. The van der Waals surface area contributed by atoms with Crippen LogP contribution in [0.1, 0.15) is 36.4 Å². The topological polar surface area (TPSA) is 83.6 Å². The number of hydrogen-bond donors (Lipinski definition) is 1. The van der Waals surface area contributed by atoms with E-state index in [4.69, 9.17) is 0 Å². The lowest BCUT2D eigenvalue weighted by Gasteiger charge is -2.23. The summed E-state index contributed by atoms with van der Waals surface area (Å²) in [5, 5.41) is 1.83. The number of hydrogen-bond acceptors (Lipinski definition) is 5. The van der Waals surface area contributed by atoms with Crippen LogP contribution in [0.4, 0.5) is 0 Å². The van der Waals surface area contributed by atoms with Crippen LogP contribution in [0.2, 0.25) is 0 Å². The van der Waals surface area contributed by atoms with Crippen molar-refractivity contribution in [3.05, 3.63) is 22.4 Å². The Morgan fingerprint density at radius 1 is 1.45 bits per heavy atom. The average molecular weight is 344 g/mol. The van der Waals surface area contributed by atoms with E-state index in [0.29, 0.717) is 24.3 Å². The minimum absolute atomic E-state index is 0.0767. The summed E-state index contributed by atoms with van der Waals surface area (Å²) in [6.07, 6.45) is 0.903. The van der Waals surface area contributed by atoms with Crippen molar-refractivity contribution >= 4 is 33.2 Å². The van der Waals surface area contributed by atoms with Gasteiger partial charge < -0.3 is 4.90 Å². The average Bonchev–Trinajstić information content (AvgIpc) is 3.07. The molecule has 1 aromatic rings. The SMILES string of the molecule is CCCS(=O)(=O)NC(=O)C1(C)CCN(C(=O)c2cccs2)C1. The molecule has 1 fully saturated rings. The van der Waals surface area contributed by atoms with E-state index >= 15 is 0 Å². The zero-order valence-electron chi connectivity index (χ0n) is 12.7. The fourth-order valence-electron chi connectivity index (χ4n) is 2.46. The first-order valence-corrected chi connectivity index (χ1v) is 9.68. The van der Waals surface area contributed by atoms with Gasteiger partial charge in [-0.25, -0.2) is 8.42 Å². The molecule has 1 aliphatic heterocycles. The maximum Gasteiger partial charge on any atom is 0.263 e. The fraction of sp³-hybridized carbons (Fsp3) is 0.571. The van der Waals surface area contributed by atoms with Crippen LogP contribution in [0.25, 0.3) is 0 Å². The second-order valence-corrected chi connectivity index (χ2v) is 8.55. The van der Waals surface area contributed by atoms with Gasteiger partial charge in [0, 0.05) is 13.1 Å². The molecular weight excluding hydrogens is 324 g/mol. The number of amides is 2. The van der Waals surface area contributed by atoms with Crippen molar-refractivity contribution in [2.45, 2.75) is 26.7 Å². The first-order chi connectivity index (χ1) is 10.3. The smallest absolute Gasteiger partial charge is 0.263 e. The molecule has 0 bridgehead atoms. The molecule has 1 N–H and O–H groups in total. The molecule has 122 valence electrons. The lowest BCUT2D eigenvalue weighted by atomic mass is 9.89. The minimum Gasteiger partial charge on any atom is -0.337 e. The van der Waals surface area contributed by atoms with Gasteiger partial charge in [-0.15, -0.1) is 11.3 Å². The second-order valence-electron chi connectivity index (χ2n) is 5.76. The van der Waals surface area contributed by atoms with E-state index in [9.17, 15) is 18.0 Å². The Kier molecular flexibility index (Phi) is 4.91. The van der Waals surface area contributed by atoms with Crippen LogP contribution in [0.15, 0.2) is 17.5 Å². The molecule has 22 heavy (non-hydrogen) atoms. The molecule has 1 saturated heterocycles. The zero-order valence-corrected chi connectivity index (χ0v) is 14.3. The quantitative estimate of drug-likeness (QED) is 0.876. The van der Waals surface area contributed by atoms with Crippen molar-refractivity contribution in [1.82, 2.24) is 9.62 Å². The Balaban J connectivity index is 2.04. The third kappa shape index (κ3) is 3.67. The third-order valence-electron chi connectivity index (χ3n) is 3.76. The maximum absolute atomic E-state index is 12.3. The highest BCUT2D eigenvalue weighted by Crippen LogP contribution is 2.31. The second kappa shape index (κ2) is 6.37. The highest BCUT2D eigenvalue weighted by atomic mass is 32.2. The highest BCUT2D eigenvalue weighted by Gasteiger charge is 2.43. The number of nitrogens with zero attached hydrogens (tertiary/aromatic N) is 1. The molecule has 2 heterocycles. The molecule has 6 nitrogen and oxygen atoms in total. The highest BCUT2D eigenvalue weighted by molar-refractivity contribution is 7.90. The number of rotatable bonds is 5. The molecule has 8 heteroatoms. The molecule has 1 atom stereocenters. The van der Waals surface area contributed by atoms with Gasteiger partial charge in [-0.05, 0) is 31.2 Å². The van der Waals surface area contributed by atoms with Gasteiger partial charge in [0.05, 0.1) is 16.0 Å². The van der Waals surface area contributed by atoms with E-state index in [1.165, 1.54) is 11.3 Å². The number of thiophene rings is 1. The van der Waals surface area contributed by atoms with Crippen LogP contribution < -0.4 is 4.72 Å². The van der Waals surface area contributed by atoms with E-state index in [-0.39, 0.29) is 18.2 Å². The monoisotopic (exact) mass is 344 g/mol. The lowest BCUT2D eigenvalue weighted by Crippen LogP contribution is -2.44. The Bertz CT molecular complexity index is 654. The minimum atomic E-state index is -3.59. The van der Waals surface area contributed by atoms with Crippen molar-refractivity contribution in [3.8, 4) is 0 Å². The first-order valence-electron chi connectivity index (χ1n) is 7.15. The number of carbonyl (C=O) groups is 2. The number of carbonyl (C=O) groups excluding carboxylic acids is 2. The van der Waals surface area contributed by atoms with Crippen molar-refractivity contribution in [2.24, 2.45) is 5.41 Å². The Morgan fingerprint density at radius 2 is 2.18 bits per heavy atom. The molecule has 1 unspecified atom stereocenters. The number of sulfonamides is 1. The third-order valence-corrected chi connectivity index (χ3v) is 6.06. The molecule has 0 aliphatic carbocycles. The summed E-state index contributed by atoms with van der Waals surface area (Å²) >= 11 is 1.36. The molecule has 1 aromatic heterocycles. The zero-order chi connectivity index (χ0) is 16.4. The molecule has 0 saturated carbocycles. The van der Waals surface area contributed by atoms with E-state index in [0.717, 1.165) is 0 Å². The van der Waals surface area contributed by atoms with Gasteiger partial charge in [0.15, 0.2) is 0 Å². The first kappa shape index (κ1) is 17.0. The van der Waals surface area contributed by atoms with E-state index in [1.807, 2.05) is 5.38 Å². The Morgan fingerprint density at radius 3 is 2.77 bits per heavy atom. The normalized spacial score (nSPS) is 21.8. The number of nitrogens with one attached hydrogen (secondary N) is 1. The van der Waals surface area contributed by atoms with Crippen molar-refractivity contribution in [1.29, 1.82) is 0 Å². The predicted octanol–water partition coefficient (Wildman–Crippen LogP) is 1.46. The van der Waals surface area contributed by atoms with Gasteiger partial charge in [-0.1, -0.05) is 13.0 Å². The van der Waals surface area contributed by atoms with Crippen molar-refractivity contribution < 1.29 is 18.0 Å². The van der Waals surface area contributed by atoms with Gasteiger partial charge in [0.1, 0.15) is 0 Å². The van der Waals surface area contributed by atoms with E-state index in [2.05, 4.69) is 4.72 Å². The molecule has 0 spiro atoms. The van der Waals surface area contributed by atoms with Gasteiger partial charge in [-0.2, -0.15) is 0 Å². The van der Waals surface area contributed by atoms with Crippen LogP contribution >= 0.6 is 11.3 Å². The van der Waals surface area contributed by atoms with Crippen LogP contribution in [0.3, 0.4) is 0 Å². The summed E-state index contributed by atoms with van der Waals surface area (Å²) in [6.45, 7) is 4.12. The standard InChI is InChI=1S/C14H20N2O4S2/c1-3-9-22(19,20)15-13(18)14(2)6-7-16(10-14)12(17)11-5-4-8-21-11/h4-5,8H,3,6-7,9-10H2,1-2H3,(H,15,18). The number of likely N-dealkylation sites (tertiary alicyclic amines) is 1. The van der Waals surface area contributed by atoms with Gasteiger partial charge in [0.25, 0.3) is 5.91 Å². The van der Waals surface area contributed by atoms with Crippen LogP contribution in [-0.2, 0) is 14.8 Å². The Labute approximate surface area is 134 Å². The van der Waals surface area contributed by atoms with Gasteiger partial charge in [-0.3, -0.25) is 14.3 Å². The van der Waals surface area contributed by atoms with Gasteiger partial charge >= 0.3 is 0 Å². The summed E-state index contributed by atoms with van der Waals surface area (Å²) in [7, 11) is -3.59. The van der Waals surface area contributed by atoms with Crippen molar-refractivity contribution in [2.75, 3.05) is 18.8 Å². The predicted molar refractivity (Wildman–Crippen MR) is 85.2 cm³/mol. The molecule has 0 aromatic carbocycles. The summed E-state index contributed by atoms with van der Waals surface area (Å²) in [5.41, 5.74) is -0.867. The largest absolute Gasteiger partial charge is 0.337 e. The Hall–Kier alpha value is -1.41. The molecule has 1 aliphatic rings. The fourth-order valence-corrected chi connectivity index (χ4v) is 4.32. The summed E-state index contributed by atoms with van der Waals surface area (Å²) < 4.78 is 25.6. The molecular formula is C14H20N2O4S2. The van der Waals surface area contributed by atoms with E-state index < -0.39 is 21.3 Å². The van der Waals surface area contributed by atoms with Crippen molar-refractivity contribution in [3.63, 3.8) is 0 Å². The molecule has 2 rings (SSSR count). The van der Waals surface area contributed by atoms with Gasteiger partial charge in [0.2, 0.25) is 15.9 Å². The summed E-state index contributed by atoms with van der Waals surface area (Å²) in [4.78, 5) is 26.8. The molecule has 2 amide bonds. The lowest BCUT2D eigenvalue weighted by molar-refractivity contribution is -0.127. The van der Waals surface area contributed by atoms with E-state index in [1.54, 1.807) is 30.9 Å². The summed E-state index contributed by atoms with van der Waals surface area (Å²) in [5.74, 6) is -0.711. The van der Waals surface area contributed by atoms with Crippen LogP contribution in [-0.4, -0.2) is 44.0 Å². The van der Waals surface area contributed by atoms with Crippen LogP contribution in [0.5, 0.6) is 0 Å².